The van der Waals surface area contributed by atoms with Gasteiger partial charge in [0.05, 0.1) is 16.1 Å². The number of anilines is 1. The van der Waals surface area contributed by atoms with Crippen molar-refractivity contribution in [1.29, 1.82) is 0 Å². The van der Waals surface area contributed by atoms with Gasteiger partial charge >= 0.3 is 0 Å². The maximum Gasteiger partial charge on any atom is 0.135 e. The molecule has 2 heterocycles. The molecule has 1 aromatic heterocycles. The summed E-state index contributed by atoms with van der Waals surface area (Å²) in [6.07, 6.45) is 0. The maximum atomic E-state index is 5.05. The number of benzene rings is 2. The second-order valence-corrected chi connectivity index (χ2v) is 9.99. The molecule has 26 heavy (non-hydrogen) atoms. The third kappa shape index (κ3) is 2.91. The van der Waals surface area contributed by atoms with Crippen LogP contribution in [0.15, 0.2) is 35.3 Å². The molecule has 0 spiro atoms. The molecule has 0 amide bonds. The van der Waals surface area contributed by atoms with Crippen LogP contribution in [0.2, 0.25) is 0 Å². The van der Waals surface area contributed by atoms with Crippen LogP contribution in [0.5, 0.6) is 0 Å². The monoisotopic (exact) mass is 380 g/mol. The molecule has 134 valence electrons. The van der Waals surface area contributed by atoms with E-state index in [0.717, 1.165) is 10.4 Å². The lowest BCUT2D eigenvalue weighted by Gasteiger charge is -2.34. The van der Waals surface area contributed by atoms with Gasteiger partial charge in [-0.3, -0.25) is 0 Å². The Morgan fingerprint density at radius 1 is 0.846 bits per heavy atom. The first kappa shape index (κ1) is 17.5. The predicted molar refractivity (Wildman–Crippen MR) is 115 cm³/mol. The van der Waals surface area contributed by atoms with Gasteiger partial charge < -0.3 is 5.32 Å². The van der Waals surface area contributed by atoms with Crippen molar-refractivity contribution in [3.05, 3.63) is 62.1 Å². The second-order valence-electron chi connectivity index (χ2n) is 7.87. The Bertz CT molecular complexity index is 1060. The molecule has 0 aliphatic carbocycles. The summed E-state index contributed by atoms with van der Waals surface area (Å²) in [5.41, 5.74) is 9.92. The standard InChI is InChI=1S/C22H24N2S2/c1-12-7-13(2)9-16(8-12)23-21-19-17-10-14(3)15(4)11-18(17)24-22(5,6)20(19)25-26-21/h7-11,24H,1-6H3. The molecule has 1 aliphatic rings. The fourth-order valence-corrected chi connectivity index (χ4v) is 6.58. The van der Waals surface area contributed by atoms with Gasteiger partial charge in [-0.25, -0.2) is 4.99 Å². The van der Waals surface area contributed by atoms with E-state index in [9.17, 15) is 0 Å². The first-order valence-electron chi connectivity index (χ1n) is 8.91. The van der Waals surface area contributed by atoms with Crippen LogP contribution in [-0.4, -0.2) is 0 Å². The smallest absolute Gasteiger partial charge is 0.135 e. The second kappa shape index (κ2) is 6.07. The lowest BCUT2D eigenvalue weighted by molar-refractivity contribution is 0.619. The van der Waals surface area contributed by atoms with E-state index < -0.39 is 0 Å². The highest BCUT2D eigenvalue weighted by Gasteiger charge is 2.33. The van der Waals surface area contributed by atoms with Gasteiger partial charge in [0, 0.05) is 16.8 Å². The first-order chi connectivity index (χ1) is 12.2. The molecule has 2 aromatic carbocycles. The molecule has 1 N–H and O–H groups in total. The van der Waals surface area contributed by atoms with E-state index in [2.05, 4.69) is 77.2 Å². The van der Waals surface area contributed by atoms with Crippen molar-refractivity contribution in [2.75, 3.05) is 5.32 Å². The van der Waals surface area contributed by atoms with Gasteiger partial charge in [-0.1, -0.05) is 26.7 Å². The average Bonchev–Trinajstić information content (AvgIpc) is 2.93. The quantitative estimate of drug-likeness (QED) is 0.472. The summed E-state index contributed by atoms with van der Waals surface area (Å²) >= 11 is 0. The average molecular weight is 381 g/mol. The van der Waals surface area contributed by atoms with E-state index in [1.807, 2.05) is 10.3 Å². The SMILES string of the molecule is Cc1cc(C)cc(N=c2ssc3c2-c2cc(C)c(C)cc2NC3(C)C)c1. The van der Waals surface area contributed by atoms with Crippen molar-refractivity contribution in [2.24, 2.45) is 4.99 Å². The summed E-state index contributed by atoms with van der Waals surface area (Å²) in [6.45, 7) is 13.1. The zero-order valence-electron chi connectivity index (χ0n) is 16.2. The zero-order chi connectivity index (χ0) is 18.6. The lowest BCUT2D eigenvalue weighted by atomic mass is 9.88. The molecule has 2 nitrogen and oxygen atoms in total. The minimum atomic E-state index is -0.0819. The number of hydrogen-bond donors (Lipinski definition) is 1. The molecule has 0 saturated carbocycles. The van der Waals surface area contributed by atoms with E-state index in [-0.39, 0.29) is 5.54 Å². The van der Waals surface area contributed by atoms with Crippen molar-refractivity contribution in [2.45, 2.75) is 47.1 Å². The van der Waals surface area contributed by atoms with E-state index in [4.69, 9.17) is 4.99 Å². The summed E-state index contributed by atoms with van der Waals surface area (Å²) in [5, 5.41) is 3.73. The molecule has 4 heteroatoms. The largest absolute Gasteiger partial charge is 0.375 e. The number of nitrogens with one attached hydrogen (secondary N) is 1. The molecule has 0 saturated heterocycles. The molecule has 0 bridgehead atoms. The molecule has 4 rings (SSSR count). The molecule has 3 aromatic rings. The van der Waals surface area contributed by atoms with Gasteiger partial charge in [-0.2, -0.15) is 0 Å². The van der Waals surface area contributed by atoms with Gasteiger partial charge in [0.1, 0.15) is 4.67 Å². The van der Waals surface area contributed by atoms with Crippen molar-refractivity contribution >= 4 is 32.1 Å². The normalized spacial score (nSPS) is 15.4. The minimum Gasteiger partial charge on any atom is -0.375 e. The predicted octanol–water partition coefficient (Wildman–Crippen LogP) is 6.60. The van der Waals surface area contributed by atoms with Gasteiger partial charge in [0.25, 0.3) is 0 Å². The fourth-order valence-electron chi connectivity index (χ4n) is 3.64. The summed E-state index contributed by atoms with van der Waals surface area (Å²) < 4.78 is 1.12. The van der Waals surface area contributed by atoms with Crippen LogP contribution in [0.4, 0.5) is 11.4 Å². The maximum absolute atomic E-state index is 5.05. The number of fused-ring (bicyclic) bond motifs is 3. The number of hydrogen-bond acceptors (Lipinski definition) is 4. The van der Waals surface area contributed by atoms with E-state index in [1.165, 1.54) is 43.9 Å². The highest BCUT2D eigenvalue weighted by atomic mass is 32.9. The Hall–Kier alpha value is -1.91. The van der Waals surface area contributed by atoms with E-state index in [0.29, 0.717) is 0 Å². The van der Waals surface area contributed by atoms with Gasteiger partial charge in [-0.05, 0) is 88.1 Å². The van der Waals surface area contributed by atoms with Crippen LogP contribution in [0, 0.1) is 27.7 Å². The summed E-state index contributed by atoms with van der Waals surface area (Å²) in [5.74, 6) is 0. The van der Waals surface area contributed by atoms with Crippen molar-refractivity contribution in [3.63, 3.8) is 0 Å². The first-order valence-corrected chi connectivity index (χ1v) is 11.1. The summed E-state index contributed by atoms with van der Waals surface area (Å²) in [7, 11) is 3.63. The zero-order valence-corrected chi connectivity index (χ0v) is 17.8. The molecule has 0 fully saturated rings. The number of nitrogens with zero attached hydrogens (tertiary/aromatic N) is 1. The molecule has 0 atom stereocenters. The van der Waals surface area contributed by atoms with E-state index in [1.54, 1.807) is 10.3 Å². The van der Waals surface area contributed by atoms with Crippen LogP contribution in [-0.2, 0) is 5.54 Å². The minimum absolute atomic E-state index is 0.0819. The lowest BCUT2D eigenvalue weighted by Crippen LogP contribution is -2.31. The van der Waals surface area contributed by atoms with Crippen LogP contribution in [0.25, 0.3) is 11.1 Å². The topological polar surface area (TPSA) is 24.4 Å². The van der Waals surface area contributed by atoms with Crippen molar-refractivity contribution in [1.82, 2.24) is 0 Å². The molecule has 1 aliphatic heterocycles. The molecular formula is C22H24N2S2. The third-order valence-corrected chi connectivity index (χ3v) is 7.64. The van der Waals surface area contributed by atoms with Crippen LogP contribution < -0.4 is 9.99 Å². The Morgan fingerprint density at radius 2 is 1.50 bits per heavy atom. The highest BCUT2D eigenvalue weighted by molar-refractivity contribution is 7.68. The van der Waals surface area contributed by atoms with Crippen molar-refractivity contribution < 1.29 is 0 Å². The molecule has 0 unspecified atom stereocenters. The number of rotatable bonds is 1. The Balaban J connectivity index is 2.00. The van der Waals surface area contributed by atoms with Crippen LogP contribution in [0.1, 0.15) is 41.0 Å². The van der Waals surface area contributed by atoms with Crippen molar-refractivity contribution in [3.8, 4) is 11.1 Å². The van der Waals surface area contributed by atoms with Gasteiger partial charge in [0.2, 0.25) is 0 Å². The number of aryl methyl sites for hydroxylation is 4. The molecular weight excluding hydrogens is 356 g/mol. The summed E-state index contributed by atoms with van der Waals surface area (Å²) in [4.78, 5) is 6.43. The Morgan fingerprint density at radius 3 is 2.19 bits per heavy atom. The van der Waals surface area contributed by atoms with Crippen LogP contribution >= 0.6 is 20.7 Å². The van der Waals surface area contributed by atoms with Crippen LogP contribution in [0.3, 0.4) is 0 Å². The van der Waals surface area contributed by atoms with Gasteiger partial charge in [-0.15, -0.1) is 0 Å². The Labute approximate surface area is 162 Å². The van der Waals surface area contributed by atoms with E-state index >= 15 is 0 Å². The fraction of sp³-hybridized carbons (Fsp3) is 0.318. The Kier molecular flexibility index (Phi) is 4.08. The highest BCUT2D eigenvalue weighted by Crippen LogP contribution is 2.46. The van der Waals surface area contributed by atoms with Gasteiger partial charge in [0.15, 0.2) is 0 Å². The summed E-state index contributed by atoms with van der Waals surface area (Å²) in [6, 6.07) is 11.1. The molecule has 0 radical (unpaired) electrons. The third-order valence-electron chi connectivity index (χ3n) is 5.00.